The summed E-state index contributed by atoms with van der Waals surface area (Å²) in [4.78, 5) is 0. The molecule has 1 saturated heterocycles. The SMILES string of the molecule is O=POC[C@H]1O[CH][C@H](O)[C@@H](O)[C@H]1O. The van der Waals surface area contributed by atoms with E-state index in [1.54, 1.807) is 0 Å². The van der Waals surface area contributed by atoms with E-state index in [4.69, 9.17) is 14.9 Å². The van der Waals surface area contributed by atoms with Crippen molar-refractivity contribution >= 4 is 8.69 Å². The van der Waals surface area contributed by atoms with Gasteiger partial charge in [-0.05, 0) is 0 Å². The zero-order valence-electron chi connectivity index (χ0n) is 6.61. The van der Waals surface area contributed by atoms with Gasteiger partial charge in [0, 0.05) is 0 Å². The fourth-order valence-corrected chi connectivity index (χ4v) is 1.21. The predicted molar refractivity (Wildman–Crippen MR) is 40.8 cm³/mol. The van der Waals surface area contributed by atoms with Crippen LogP contribution < -0.4 is 0 Å². The fourth-order valence-electron chi connectivity index (χ4n) is 1.01. The van der Waals surface area contributed by atoms with Crippen molar-refractivity contribution in [1.29, 1.82) is 0 Å². The molecule has 0 aromatic heterocycles. The number of hydrogen-bond acceptors (Lipinski definition) is 6. The summed E-state index contributed by atoms with van der Waals surface area (Å²) in [5, 5.41) is 27.5. The summed E-state index contributed by atoms with van der Waals surface area (Å²) in [6.45, 7) is 0.888. The lowest BCUT2D eigenvalue weighted by Gasteiger charge is -2.33. The van der Waals surface area contributed by atoms with E-state index in [1.807, 2.05) is 0 Å². The maximum absolute atomic E-state index is 9.92. The first-order valence-corrected chi connectivity index (χ1v) is 4.37. The Labute approximate surface area is 76.4 Å². The van der Waals surface area contributed by atoms with Crippen molar-refractivity contribution in [2.24, 2.45) is 0 Å². The lowest BCUT2D eigenvalue weighted by molar-refractivity contribution is -0.167. The quantitative estimate of drug-likeness (QED) is 0.508. The Hall–Kier alpha value is -0.100. The molecule has 1 radical (unpaired) electrons. The van der Waals surface area contributed by atoms with Crippen molar-refractivity contribution in [3.05, 3.63) is 6.61 Å². The Balaban J connectivity index is 2.43. The van der Waals surface area contributed by atoms with Gasteiger partial charge in [-0.3, -0.25) is 4.52 Å². The van der Waals surface area contributed by atoms with Crippen LogP contribution >= 0.6 is 8.69 Å². The number of aliphatic hydroxyl groups excluding tert-OH is 3. The average molecular weight is 209 g/mol. The third-order valence-corrected chi connectivity index (χ3v) is 2.02. The number of rotatable bonds is 3. The molecular formula is C6H10O6P. The molecule has 1 heterocycles. The average Bonchev–Trinajstić information content (AvgIpc) is 2.13. The summed E-state index contributed by atoms with van der Waals surface area (Å²) in [6.07, 6.45) is -4.57. The van der Waals surface area contributed by atoms with Gasteiger partial charge in [0.2, 0.25) is 0 Å². The van der Waals surface area contributed by atoms with Crippen LogP contribution in [-0.2, 0) is 13.8 Å². The van der Waals surface area contributed by atoms with Crippen LogP contribution in [-0.4, -0.2) is 46.3 Å². The van der Waals surface area contributed by atoms with E-state index in [-0.39, 0.29) is 6.61 Å². The molecule has 0 aliphatic carbocycles. The highest BCUT2D eigenvalue weighted by molar-refractivity contribution is 7.17. The van der Waals surface area contributed by atoms with Gasteiger partial charge >= 0.3 is 8.69 Å². The van der Waals surface area contributed by atoms with Gasteiger partial charge in [0.1, 0.15) is 31.0 Å². The molecule has 0 spiro atoms. The number of hydrogen-bond donors (Lipinski definition) is 3. The lowest BCUT2D eigenvalue weighted by Crippen LogP contribution is -2.52. The van der Waals surface area contributed by atoms with E-state index in [9.17, 15) is 9.67 Å². The molecule has 6 nitrogen and oxygen atoms in total. The first-order valence-electron chi connectivity index (χ1n) is 3.64. The Morgan fingerprint density at radius 1 is 1.38 bits per heavy atom. The zero-order valence-corrected chi connectivity index (χ0v) is 7.50. The van der Waals surface area contributed by atoms with Gasteiger partial charge in [-0.15, -0.1) is 0 Å². The Kier molecular flexibility index (Phi) is 4.18. The molecule has 1 aliphatic heterocycles. The molecule has 4 atom stereocenters. The maximum atomic E-state index is 9.92. The summed E-state index contributed by atoms with van der Waals surface area (Å²) in [5.74, 6) is 0. The molecule has 1 aliphatic rings. The van der Waals surface area contributed by atoms with Crippen LogP contribution in [0.2, 0.25) is 0 Å². The van der Waals surface area contributed by atoms with E-state index in [0.717, 1.165) is 6.61 Å². The maximum Gasteiger partial charge on any atom is 0.327 e. The van der Waals surface area contributed by atoms with Gasteiger partial charge in [-0.2, -0.15) is 0 Å². The molecule has 0 saturated carbocycles. The first kappa shape index (κ1) is 11.0. The molecule has 75 valence electrons. The van der Waals surface area contributed by atoms with Crippen LogP contribution in [0.15, 0.2) is 0 Å². The highest BCUT2D eigenvalue weighted by Gasteiger charge is 2.37. The van der Waals surface area contributed by atoms with E-state index in [1.165, 1.54) is 0 Å². The normalized spacial score (nSPS) is 40.8. The highest BCUT2D eigenvalue weighted by Crippen LogP contribution is 2.19. The van der Waals surface area contributed by atoms with Gasteiger partial charge in [0.25, 0.3) is 0 Å². The van der Waals surface area contributed by atoms with Crippen molar-refractivity contribution in [2.75, 3.05) is 6.61 Å². The first-order chi connectivity index (χ1) is 6.16. The minimum absolute atomic E-state index is 0.119. The van der Waals surface area contributed by atoms with Gasteiger partial charge in [0.05, 0.1) is 6.61 Å². The van der Waals surface area contributed by atoms with Crippen LogP contribution in [0.25, 0.3) is 0 Å². The summed E-state index contributed by atoms with van der Waals surface area (Å²) in [5.41, 5.74) is 0. The number of ether oxygens (including phenoxy) is 1. The second kappa shape index (κ2) is 4.95. The van der Waals surface area contributed by atoms with Crippen LogP contribution in [0.5, 0.6) is 0 Å². The molecule has 13 heavy (non-hydrogen) atoms. The Morgan fingerprint density at radius 3 is 2.69 bits per heavy atom. The van der Waals surface area contributed by atoms with Gasteiger partial charge in [-0.25, -0.2) is 4.57 Å². The van der Waals surface area contributed by atoms with Crippen molar-refractivity contribution in [1.82, 2.24) is 0 Å². The Morgan fingerprint density at radius 2 is 2.08 bits per heavy atom. The fraction of sp³-hybridized carbons (Fsp3) is 0.833. The summed E-state index contributed by atoms with van der Waals surface area (Å²) in [6, 6.07) is 0. The third-order valence-electron chi connectivity index (χ3n) is 1.77. The zero-order chi connectivity index (χ0) is 9.84. The van der Waals surface area contributed by atoms with Crippen LogP contribution in [0.1, 0.15) is 0 Å². The smallest absolute Gasteiger partial charge is 0.327 e. The highest BCUT2D eigenvalue weighted by atomic mass is 31.1. The molecule has 0 bridgehead atoms. The monoisotopic (exact) mass is 209 g/mol. The largest absolute Gasteiger partial charge is 0.388 e. The molecule has 1 fully saturated rings. The summed E-state index contributed by atoms with van der Waals surface area (Å²) < 4.78 is 19.2. The van der Waals surface area contributed by atoms with Crippen molar-refractivity contribution in [3.63, 3.8) is 0 Å². The standard InChI is InChI=1S/C6H10O6P/c7-3-1-11-4(2-12-13-10)6(9)5(3)8/h1,3-9H,2H2/t3-,4+,5+,6-/m0/s1. The van der Waals surface area contributed by atoms with Crippen LogP contribution in [0, 0.1) is 6.61 Å². The molecule has 7 heteroatoms. The molecule has 0 aromatic rings. The van der Waals surface area contributed by atoms with Crippen LogP contribution in [0.4, 0.5) is 0 Å². The van der Waals surface area contributed by atoms with Gasteiger partial charge in [0.15, 0.2) is 0 Å². The predicted octanol–water partition coefficient (Wildman–Crippen LogP) is -1.15. The minimum atomic E-state index is -1.30. The lowest BCUT2D eigenvalue weighted by atomic mass is 10.0. The molecule has 0 unspecified atom stereocenters. The molecule has 3 N–H and O–H groups in total. The van der Waals surface area contributed by atoms with E-state index in [0.29, 0.717) is 0 Å². The van der Waals surface area contributed by atoms with Crippen molar-refractivity contribution in [3.8, 4) is 0 Å². The second-order valence-corrected chi connectivity index (χ2v) is 3.06. The van der Waals surface area contributed by atoms with Crippen molar-refractivity contribution < 1.29 is 29.1 Å². The van der Waals surface area contributed by atoms with Crippen molar-refractivity contribution in [2.45, 2.75) is 24.4 Å². The second-order valence-electron chi connectivity index (χ2n) is 2.65. The molecular weight excluding hydrogens is 199 g/mol. The van der Waals surface area contributed by atoms with E-state index >= 15 is 0 Å². The van der Waals surface area contributed by atoms with Crippen LogP contribution in [0.3, 0.4) is 0 Å². The Bertz CT molecular complexity index is 177. The summed E-state index contributed by atoms with van der Waals surface area (Å²) in [7, 11) is -0.521. The molecule has 0 amide bonds. The minimum Gasteiger partial charge on any atom is -0.388 e. The summed E-state index contributed by atoms with van der Waals surface area (Å²) >= 11 is 0. The van der Waals surface area contributed by atoms with Gasteiger partial charge < -0.3 is 20.1 Å². The molecule has 1 rings (SSSR count). The third kappa shape index (κ3) is 2.67. The number of aliphatic hydroxyl groups is 3. The van der Waals surface area contributed by atoms with E-state index < -0.39 is 33.1 Å². The van der Waals surface area contributed by atoms with E-state index in [2.05, 4.69) is 4.52 Å². The molecule has 0 aromatic carbocycles. The topological polar surface area (TPSA) is 96.2 Å². The van der Waals surface area contributed by atoms with Gasteiger partial charge in [-0.1, -0.05) is 0 Å².